The fourth-order valence-electron chi connectivity index (χ4n) is 2.06. The van der Waals surface area contributed by atoms with E-state index in [1.807, 2.05) is 0 Å². The molecule has 0 heterocycles. The Kier molecular flexibility index (Phi) is 13.1. The van der Waals surface area contributed by atoms with E-state index in [4.69, 9.17) is 0 Å². The molecule has 2 nitrogen and oxygen atoms in total. The minimum Gasteiger partial charge on any atom is -0.392 e. The number of aliphatic hydroxyl groups is 1. The molecule has 3 heteroatoms. The van der Waals surface area contributed by atoms with Crippen LogP contribution < -0.4 is 5.32 Å². The number of hydrogen-bond acceptors (Lipinski definition) is 3. The summed E-state index contributed by atoms with van der Waals surface area (Å²) < 4.78 is 0. The lowest BCUT2D eigenvalue weighted by atomic mass is 10.1. The summed E-state index contributed by atoms with van der Waals surface area (Å²) >= 11 is 1.80. The first-order valence-electron chi connectivity index (χ1n) is 8.46. The van der Waals surface area contributed by atoms with Crippen LogP contribution in [-0.2, 0) is 0 Å². The Morgan fingerprint density at radius 2 is 1.50 bits per heavy atom. The molecule has 2 N–H and O–H groups in total. The standard InChI is InChI=1S/C17H37NOS/c1-5-6-7-8-9-10-11-12-13-16(19)14-20-15-18-17(2,3)4/h16,18-19H,5-15H2,1-4H3. The maximum Gasteiger partial charge on any atom is 0.0631 e. The normalized spacial score (nSPS) is 13.7. The van der Waals surface area contributed by atoms with Crippen LogP contribution in [0.5, 0.6) is 0 Å². The summed E-state index contributed by atoms with van der Waals surface area (Å²) in [6.45, 7) is 8.77. The highest BCUT2D eigenvalue weighted by atomic mass is 32.2. The van der Waals surface area contributed by atoms with Gasteiger partial charge < -0.3 is 10.4 Å². The summed E-state index contributed by atoms with van der Waals surface area (Å²) in [5.41, 5.74) is 0.176. The molecular formula is C17H37NOS. The van der Waals surface area contributed by atoms with E-state index in [2.05, 4.69) is 33.0 Å². The van der Waals surface area contributed by atoms with E-state index in [1.54, 1.807) is 11.8 Å². The van der Waals surface area contributed by atoms with Crippen molar-refractivity contribution in [3.05, 3.63) is 0 Å². The minimum atomic E-state index is -0.123. The van der Waals surface area contributed by atoms with Crippen molar-refractivity contribution in [2.45, 2.75) is 97.1 Å². The second-order valence-corrected chi connectivity index (χ2v) is 7.89. The molecule has 0 saturated heterocycles. The predicted molar refractivity (Wildman–Crippen MR) is 93.4 cm³/mol. The van der Waals surface area contributed by atoms with Gasteiger partial charge in [-0.05, 0) is 27.2 Å². The summed E-state index contributed by atoms with van der Waals surface area (Å²) in [5, 5.41) is 13.3. The van der Waals surface area contributed by atoms with Gasteiger partial charge in [0.15, 0.2) is 0 Å². The molecule has 0 aromatic heterocycles. The van der Waals surface area contributed by atoms with E-state index in [0.717, 1.165) is 18.1 Å². The van der Waals surface area contributed by atoms with Crippen LogP contribution in [-0.4, -0.2) is 28.4 Å². The monoisotopic (exact) mass is 303 g/mol. The van der Waals surface area contributed by atoms with Crippen molar-refractivity contribution >= 4 is 11.8 Å². The van der Waals surface area contributed by atoms with Gasteiger partial charge in [0.1, 0.15) is 0 Å². The highest BCUT2D eigenvalue weighted by Gasteiger charge is 2.09. The molecule has 0 aromatic rings. The van der Waals surface area contributed by atoms with Gasteiger partial charge >= 0.3 is 0 Å². The highest BCUT2D eigenvalue weighted by Crippen LogP contribution is 2.13. The second-order valence-electron chi connectivity index (χ2n) is 6.86. The fourth-order valence-corrected chi connectivity index (χ4v) is 3.15. The topological polar surface area (TPSA) is 32.3 Å². The molecule has 0 radical (unpaired) electrons. The summed E-state index contributed by atoms with van der Waals surface area (Å²) in [5.74, 6) is 1.79. The van der Waals surface area contributed by atoms with Crippen molar-refractivity contribution in [3.63, 3.8) is 0 Å². The summed E-state index contributed by atoms with van der Waals surface area (Å²) in [6, 6.07) is 0. The van der Waals surface area contributed by atoms with E-state index >= 15 is 0 Å². The number of hydrogen-bond donors (Lipinski definition) is 2. The van der Waals surface area contributed by atoms with Crippen molar-refractivity contribution in [2.24, 2.45) is 0 Å². The molecule has 20 heavy (non-hydrogen) atoms. The highest BCUT2D eigenvalue weighted by molar-refractivity contribution is 7.99. The maximum absolute atomic E-state index is 9.90. The largest absolute Gasteiger partial charge is 0.392 e. The minimum absolute atomic E-state index is 0.123. The summed E-state index contributed by atoms with van der Waals surface area (Å²) in [6.07, 6.45) is 11.5. The van der Waals surface area contributed by atoms with Crippen LogP contribution in [0.15, 0.2) is 0 Å². The predicted octanol–water partition coefficient (Wildman–Crippen LogP) is 4.96. The molecule has 0 fully saturated rings. The Hall–Kier alpha value is 0.270. The van der Waals surface area contributed by atoms with Crippen molar-refractivity contribution in [1.82, 2.24) is 5.32 Å². The van der Waals surface area contributed by atoms with Crippen molar-refractivity contribution in [1.29, 1.82) is 0 Å². The van der Waals surface area contributed by atoms with Gasteiger partial charge in [-0.15, -0.1) is 11.8 Å². The fraction of sp³-hybridized carbons (Fsp3) is 1.00. The first-order chi connectivity index (χ1) is 9.45. The van der Waals surface area contributed by atoms with E-state index in [0.29, 0.717) is 0 Å². The van der Waals surface area contributed by atoms with Crippen molar-refractivity contribution < 1.29 is 5.11 Å². The summed E-state index contributed by atoms with van der Waals surface area (Å²) in [7, 11) is 0. The van der Waals surface area contributed by atoms with Gasteiger partial charge in [0.25, 0.3) is 0 Å². The quantitative estimate of drug-likeness (QED) is 0.373. The van der Waals surface area contributed by atoms with Gasteiger partial charge in [-0.2, -0.15) is 0 Å². The summed E-state index contributed by atoms with van der Waals surface area (Å²) in [4.78, 5) is 0. The molecular weight excluding hydrogens is 266 g/mol. The number of thioether (sulfide) groups is 1. The average Bonchev–Trinajstić information content (AvgIpc) is 2.37. The Balaban J connectivity index is 3.22. The molecule has 0 amide bonds. The third kappa shape index (κ3) is 16.3. The zero-order valence-corrected chi connectivity index (χ0v) is 15.0. The number of aliphatic hydroxyl groups excluding tert-OH is 1. The van der Waals surface area contributed by atoms with Gasteiger partial charge in [0.2, 0.25) is 0 Å². The van der Waals surface area contributed by atoms with Gasteiger partial charge in [0, 0.05) is 17.2 Å². The van der Waals surface area contributed by atoms with Crippen molar-refractivity contribution in [3.8, 4) is 0 Å². The van der Waals surface area contributed by atoms with Crippen LogP contribution in [0.25, 0.3) is 0 Å². The van der Waals surface area contributed by atoms with Crippen LogP contribution in [0.1, 0.15) is 85.5 Å². The average molecular weight is 304 g/mol. The maximum atomic E-state index is 9.90. The molecule has 0 aliphatic rings. The van der Waals surface area contributed by atoms with E-state index in [1.165, 1.54) is 51.4 Å². The Labute approximate surface area is 131 Å². The zero-order valence-electron chi connectivity index (χ0n) is 14.2. The van der Waals surface area contributed by atoms with Crippen LogP contribution in [0.4, 0.5) is 0 Å². The van der Waals surface area contributed by atoms with E-state index in [-0.39, 0.29) is 11.6 Å². The van der Waals surface area contributed by atoms with E-state index < -0.39 is 0 Å². The Morgan fingerprint density at radius 1 is 0.950 bits per heavy atom. The van der Waals surface area contributed by atoms with E-state index in [9.17, 15) is 5.11 Å². The molecule has 0 spiro atoms. The number of unbranched alkanes of at least 4 members (excludes halogenated alkanes) is 7. The van der Waals surface area contributed by atoms with Crippen LogP contribution in [0.3, 0.4) is 0 Å². The molecule has 0 aromatic carbocycles. The van der Waals surface area contributed by atoms with Gasteiger partial charge in [-0.1, -0.05) is 58.3 Å². The molecule has 0 rings (SSSR count). The van der Waals surface area contributed by atoms with Crippen LogP contribution in [0.2, 0.25) is 0 Å². The Morgan fingerprint density at radius 3 is 2.05 bits per heavy atom. The molecule has 0 bridgehead atoms. The lowest BCUT2D eigenvalue weighted by molar-refractivity contribution is 0.184. The van der Waals surface area contributed by atoms with Crippen LogP contribution >= 0.6 is 11.8 Å². The molecule has 0 saturated carbocycles. The molecule has 122 valence electrons. The molecule has 0 aliphatic heterocycles. The lowest BCUT2D eigenvalue weighted by Crippen LogP contribution is -2.35. The Bertz CT molecular complexity index is 204. The van der Waals surface area contributed by atoms with Gasteiger partial charge in [-0.25, -0.2) is 0 Å². The zero-order chi connectivity index (χ0) is 15.3. The SMILES string of the molecule is CCCCCCCCCCC(O)CSCNC(C)(C)C. The molecule has 0 aliphatic carbocycles. The van der Waals surface area contributed by atoms with Crippen molar-refractivity contribution in [2.75, 3.05) is 11.6 Å². The lowest BCUT2D eigenvalue weighted by Gasteiger charge is -2.20. The first-order valence-corrected chi connectivity index (χ1v) is 9.62. The molecule has 1 unspecified atom stereocenters. The second kappa shape index (κ2) is 13.0. The molecule has 1 atom stereocenters. The van der Waals surface area contributed by atoms with Gasteiger partial charge in [0.05, 0.1) is 6.10 Å². The van der Waals surface area contributed by atoms with Crippen LogP contribution in [0, 0.1) is 0 Å². The number of rotatable bonds is 13. The third-order valence-corrected chi connectivity index (χ3v) is 4.37. The number of nitrogens with one attached hydrogen (secondary N) is 1. The van der Waals surface area contributed by atoms with Gasteiger partial charge in [-0.3, -0.25) is 0 Å². The third-order valence-electron chi connectivity index (χ3n) is 3.41. The first kappa shape index (κ1) is 20.3. The smallest absolute Gasteiger partial charge is 0.0631 e.